The largest absolute Gasteiger partial charge is 0.480 e. The van der Waals surface area contributed by atoms with E-state index in [-0.39, 0.29) is 0 Å². The van der Waals surface area contributed by atoms with Gasteiger partial charge < -0.3 is 10.8 Å². The van der Waals surface area contributed by atoms with Crippen molar-refractivity contribution in [3.8, 4) is 0 Å². The van der Waals surface area contributed by atoms with Gasteiger partial charge >= 0.3 is 5.97 Å². The van der Waals surface area contributed by atoms with Crippen LogP contribution >= 0.6 is 0 Å². The van der Waals surface area contributed by atoms with Crippen LogP contribution in [0.4, 0.5) is 0 Å². The maximum absolute atomic E-state index is 10.9. The van der Waals surface area contributed by atoms with Crippen molar-refractivity contribution in [3.05, 3.63) is 12.2 Å². The van der Waals surface area contributed by atoms with Gasteiger partial charge in [-0.05, 0) is 19.8 Å². The Labute approximate surface area is 87.1 Å². The molecule has 2 rings (SSSR count). The molecule has 1 aromatic heterocycles. The zero-order valence-corrected chi connectivity index (χ0v) is 8.55. The monoisotopic (exact) mass is 210 g/mol. The van der Waals surface area contributed by atoms with Crippen molar-refractivity contribution in [2.75, 3.05) is 0 Å². The summed E-state index contributed by atoms with van der Waals surface area (Å²) in [4.78, 5) is 15.0. The minimum atomic E-state index is -0.974. The van der Waals surface area contributed by atoms with Crippen LogP contribution in [0.25, 0.3) is 0 Å². The predicted octanol–water partition coefficient (Wildman–Crippen LogP) is -0.258. The van der Waals surface area contributed by atoms with Gasteiger partial charge in [-0.1, -0.05) is 0 Å². The highest BCUT2D eigenvalue weighted by Crippen LogP contribution is 2.49. The summed E-state index contributed by atoms with van der Waals surface area (Å²) in [6.07, 6.45) is 3.01. The maximum Gasteiger partial charge on any atom is 0.321 e. The molecule has 1 aliphatic rings. The fourth-order valence-electron chi connectivity index (χ4n) is 1.93. The molecule has 0 radical (unpaired) electrons. The third kappa shape index (κ3) is 1.41. The van der Waals surface area contributed by atoms with Crippen LogP contribution < -0.4 is 5.73 Å². The van der Waals surface area contributed by atoms with Crippen molar-refractivity contribution in [2.45, 2.75) is 37.8 Å². The molecule has 0 aliphatic heterocycles. The second-order valence-electron chi connectivity index (χ2n) is 3.87. The summed E-state index contributed by atoms with van der Waals surface area (Å²) in [6.45, 7) is 2.63. The first-order chi connectivity index (χ1) is 7.12. The molecular formula is C9H14N4O2. The van der Waals surface area contributed by atoms with E-state index in [1.807, 2.05) is 6.92 Å². The van der Waals surface area contributed by atoms with Crippen LogP contribution in [-0.2, 0) is 16.8 Å². The van der Waals surface area contributed by atoms with Crippen molar-refractivity contribution in [3.63, 3.8) is 0 Å². The molecule has 0 spiro atoms. The minimum absolute atomic E-state index is 0.488. The molecule has 1 unspecified atom stereocenters. The molecule has 1 aliphatic carbocycles. The summed E-state index contributed by atoms with van der Waals surface area (Å²) in [7, 11) is 0. The molecule has 1 heterocycles. The molecular weight excluding hydrogens is 196 g/mol. The summed E-state index contributed by atoms with van der Waals surface area (Å²) in [5, 5.41) is 13.0. The van der Waals surface area contributed by atoms with Crippen LogP contribution in [0.15, 0.2) is 6.33 Å². The summed E-state index contributed by atoms with van der Waals surface area (Å²) in [5.74, 6) is -0.266. The van der Waals surface area contributed by atoms with Crippen molar-refractivity contribution in [1.29, 1.82) is 0 Å². The van der Waals surface area contributed by atoms with Gasteiger partial charge in [0.05, 0.1) is 5.41 Å². The molecule has 6 nitrogen and oxygen atoms in total. The van der Waals surface area contributed by atoms with Gasteiger partial charge in [-0.3, -0.25) is 4.79 Å². The molecule has 6 heteroatoms. The van der Waals surface area contributed by atoms with Crippen LogP contribution in [-0.4, -0.2) is 31.9 Å². The van der Waals surface area contributed by atoms with Crippen LogP contribution in [0.3, 0.4) is 0 Å². The number of carbonyl (C=O) groups is 1. The smallest absolute Gasteiger partial charge is 0.321 e. The lowest BCUT2D eigenvalue weighted by Gasteiger charge is -2.18. The molecule has 1 saturated carbocycles. The average molecular weight is 210 g/mol. The fraction of sp³-hybridized carbons (Fsp3) is 0.667. The normalized spacial score (nSPS) is 19.9. The first-order valence-electron chi connectivity index (χ1n) is 4.98. The van der Waals surface area contributed by atoms with Gasteiger partial charge in [-0.15, -0.1) is 0 Å². The first-order valence-corrected chi connectivity index (χ1v) is 4.98. The Balaban J connectivity index is 2.34. The summed E-state index contributed by atoms with van der Waals surface area (Å²) < 4.78 is 1.72. The number of nitrogens with two attached hydrogens (primary N) is 1. The molecule has 0 bridgehead atoms. The topological polar surface area (TPSA) is 94.0 Å². The minimum Gasteiger partial charge on any atom is -0.480 e. The molecule has 0 saturated heterocycles. The number of nitrogens with zero attached hydrogens (tertiary/aromatic N) is 3. The van der Waals surface area contributed by atoms with Crippen LogP contribution in [0.2, 0.25) is 0 Å². The molecule has 3 N–H and O–H groups in total. The third-order valence-corrected chi connectivity index (χ3v) is 3.01. The lowest BCUT2D eigenvalue weighted by molar-refractivity contribution is -0.139. The van der Waals surface area contributed by atoms with Gasteiger partial charge in [-0.25, -0.2) is 9.67 Å². The van der Waals surface area contributed by atoms with Gasteiger partial charge in [0.15, 0.2) is 0 Å². The van der Waals surface area contributed by atoms with Gasteiger partial charge in [0, 0.05) is 6.54 Å². The van der Waals surface area contributed by atoms with E-state index in [2.05, 4.69) is 10.1 Å². The molecule has 82 valence electrons. The number of carboxylic acid groups (broad SMARTS) is 1. The van der Waals surface area contributed by atoms with E-state index in [4.69, 9.17) is 10.8 Å². The number of carboxylic acids is 1. The number of aryl methyl sites for hydroxylation is 1. The zero-order valence-electron chi connectivity index (χ0n) is 8.55. The Kier molecular flexibility index (Phi) is 2.22. The van der Waals surface area contributed by atoms with E-state index < -0.39 is 17.4 Å². The maximum atomic E-state index is 10.9. The Morgan fingerprint density at radius 3 is 2.93 bits per heavy atom. The van der Waals surface area contributed by atoms with Crippen molar-refractivity contribution in [2.24, 2.45) is 5.73 Å². The van der Waals surface area contributed by atoms with E-state index in [9.17, 15) is 4.79 Å². The second kappa shape index (κ2) is 3.30. The Hall–Kier alpha value is -1.43. The van der Waals surface area contributed by atoms with E-state index >= 15 is 0 Å². The van der Waals surface area contributed by atoms with Crippen LogP contribution in [0.1, 0.15) is 25.6 Å². The number of hydrogen-bond donors (Lipinski definition) is 2. The highest BCUT2D eigenvalue weighted by Gasteiger charge is 2.55. The van der Waals surface area contributed by atoms with Crippen molar-refractivity contribution in [1.82, 2.24) is 14.8 Å². The summed E-state index contributed by atoms with van der Waals surface area (Å²) >= 11 is 0. The van der Waals surface area contributed by atoms with E-state index in [0.717, 1.165) is 12.8 Å². The Morgan fingerprint density at radius 2 is 2.47 bits per heavy atom. The average Bonchev–Trinajstić information content (AvgIpc) is 2.88. The SMILES string of the molecule is CCn1ncnc1C1(C(N)C(=O)O)CC1. The molecule has 1 atom stereocenters. The van der Waals surface area contributed by atoms with Gasteiger partial charge in [0.25, 0.3) is 0 Å². The van der Waals surface area contributed by atoms with E-state index in [0.29, 0.717) is 12.4 Å². The van der Waals surface area contributed by atoms with Crippen molar-refractivity contribution >= 4 is 5.97 Å². The standard InChI is InChI=1S/C9H14N4O2/c1-2-13-8(11-5-12-13)9(3-4-9)6(10)7(14)15/h5-6H,2-4,10H2,1H3,(H,14,15). The van der Waals surface area contributed by atoms with Crippen LogP contribution in [0, 0.1) is 0 Å². The Bertz CT molecular complexity index is 383. The first kappa shape index (κ1) is 10.1. The summed E-state index contributed by atoms with van der Waals surface area (Å²) in [5.41, 5.74) is 5.20. The fourth-order valence-corrected chi connectivity index (χ4v) is 1.93. The number of hydrogen-bond acceptors (Lipinski definition) is 4. The molecule has 0 amide bonds. The van der Waals surface area contributed by atoms with Gasteiger partial charge in [0.2, 0.25) is 0 Å². The van der Waals surface area contributed by atoms with Gasteiger partial charge in [0.1, 0.15) is 18.2 Å². The van der Waals surface area contributed by atoms with Crippen molar-refractivity contribution < 1.29 is 9.90 Å². The number of aliphatic carboxylic acids is 1. The molecule has 0 aromatic carbocycles. The van der Waals surface area contributed by atoms with E-state index in [1.54, 1.807) is 4.68 Å². The highest BCUT2D eigenvalue weighted by molar-refractivity contribution is 5.76. The number of rotatable bonds is 4. The third-order valence-electron chi connectivity index (χ3n) is 3.01. The summed E-state index contributed by atoms with van der Waals surface area (Å²) in [6, 6.07) is -0.882. The lowest BCUT2D eigenvalue weighted by Crippen LogP contribution is -2.43. The molecule has 1 aromatic rings. The zero-order chi connectivity index (χ0) is 11.1. The number of aromatic nitrogens is 3. The van der Waals surface area contributed by atoms with E-state index in [1.165, 1.54) is 6.33 Å². The Morgan fingerprint density at radius 1 is 1.80 bits per heavy atom. The predicted molar refractivity (Wildman–Crippen MR) is 52.2 cm³/mol. The second-order valence-corrected chi connectivity index (χ2v) is 3.87. The lowest BCUT2D eigenvalue weighted by atomic mass is 9.96. The quantitative estimate of drug-likeness (QED) is 0.714. The van der Waals surface area contributed by atoms with Gasteiger partial charge in [-0.2, -0.15) is 5.10 Å². The molecule has 15 heavy (non-hydrogen) atoms. The molecule has 1 fully saturated rings. The highest BCUT2D eigenvalue weighted by atomic mass is 16.4. The van der Waals surface area contributed by atoms with Crippen LogP contribution in [0.5, 0.6) is 0 Å².